The predicted molar refractivity (Wildman–Crippen MR) is 28.7 cm³/mol. The van der Waals surface area contributed by atoms with E-state index in [4.69, 9.17) is 0 Å². The fourth-order valence-corrected chi connectivity index (χ4v) is 1.22. The molecule has 1 unspecified atom stereocenters. The van der Waals surface area contributed by atoms with Gasteiger partial charge in [-0.1, -0.05) is 13.3 Å². The van der Waals surface area contributed by atoms with Gasteiger partial charge in [0.15, 0.2) is 0 Å². The molecular formula is C4H10NaO2P. The quantitative estimate of drug-likeness (QED) is 0.322. The molecule has 0 saturated heterocycles. The smallest absolute Gasteiger partial charge is 0.799 e. The van der Waals surface area contributed by atoms with Gasteiger partial charge in [0.05, 0.1) is 0 Å². The molecule has 0 N–H and O–H groups in total. The molecule has 8 heavy (non-hydrogen) atoms. The Hall–Kier alpha value is 1.19. The number of rotatable bonds is 2. The van der Waals surface area contributed by atoms with Gasteiger partial charge in [-0.15, -0.1) is 0 Å². The Balaban J connectivity index is 0. The van der Waals surface area contributed by atoms with Crippen LogP contribution in [0.25, 0.3) is 0 Å². The molecule has 0 aliphatic heterocycles. The summed E-state index contributed by atoms with van der Waals surface area (Å²) in [4.78, 5) is 10.3. The van der Waals surface area contributed by atoms with Crippen LogP contribution in [-0.4, -0.2) is 12.8 Å². The van der Waals surface area contributed by atoms with Crippen molar-refractivity contribution in [3.63, 3.8) is 0 Å². The molecule has 0 aromatic heterocycles. The normalized spacial score (nSPS) is 16.4. The van der Waals surface area contributed by atoms with Crippen molar-refractivity contribution in [3.8, 4) is 0 Å². The van der Waals surface area contributed by atoms with Gasteiger partial charge < -0.3 is 9.46 Å². The van der Waals surface area contributed by atoms with Gasteiger partial charge in [-0.05, 0) is 12.8 Å². The summed E-state index contributed by atoms with van der Waals surface area (Å²) in [7, 11) is -2.92. The summed E-state index contributed by atoms with van der Waals surface area (Å²) in [5.41, 5.74) is 0. The van der Waals surface area contributed by atoms with Crippen LogP contribution in [0.2, 0.25) is 0 Å². The Morgan fingerprint density at radius 2 is 2.00 bits per heavy atom. The summed E-state index contributed by atoms with van der Waals surface area (Å²) < 4.78 is 10.3. The van der Waals surface area contributed by atoms with Gasteiger partial charge in [0.1, 0.15) is 0 Å². The number of hydrogen-bond acceptors (Lipinski definition) is 2. The zero-order valence-corrected chi connectivity index (χ0v) is 8.57. The first-order chi connectivity index (χ1) is 3.06. The van der Waals surface area contributed by atoms with E-state index < -0.39 is 7.37 Å². The van der Waals surface area contributed by atoms with Crippen molar-refractivity contribution in [2.75, 3.05) is 12.8 Å². The maximum atomic E-state index is 10.3. The van der Waals surface area contributed by atoms with E-state index in [2.05, 4.69) is 0 Å². The Morgan fingerprint density at radius 3 is 2.00 bits per heavy atom. The predicted octanol–water partition coefficient (Wildman–Crippen LogP) is -2.33. The van der Waals surface area contributed by atoms with Crippen LogP contribution in [0.4, 0.5) is 0 Å². The van der Waals surface area contributed by atoms with E-state index in [0.717, 1.165) is 6.42 Å². The first-order valence-electron chi connectivity index (χ1n) is 2.34. The fraction of sp³-hybridized carbons (Fsp3) is 1.00. The molecule has 0 rings (SSSR count). The van der Waals surface area contributed by atoms with E-state index in [1.54, 1.807) is 0 Å². The monoisotopic (exact) mass is 144 g/mol. The first kappa shape index (κ1) is 11.9. The summed E-state index contributed by atoms with van der Waals surface area (Å²) >= 11 is 0. The molecule has 0 aromatic rings. The summed E-state index contributed by atoms with van der Waals surface area (Å²) in [5.74, 6) is 0. The second-order valence-corrected chi connectivity index (χ2v) is 4.21. The average Bonchev–Trinajstić information content (AvgIpc) is 1.30. The van der Waals surface area contributed by atoms with Crippen molar-refractivity contribution >= 4 is 7.37 Å². The van der Waals surface area contributed by atoms with E-state index in [9.17, 15) is 9.46 Å². The van der Waals surface area contributed by atoms with E-state index >= 15 is 0 Å². The number of hydrogen-bond donors (Lipinski definition) is 0. The van der Waals surface area contributed by atoms with Crippen molar-refractivity contribution in [2.45, 2.75) is 13.3 Å². The zero-order valence-electron chi connectivity index (χ0n) is 5.68. The van der Waals surface area contributed by atoms with Crippen LogP contribution >= 0.6 is 7.37 Å². The first-order valence-corrected chi connectivity index (χ1v) is 4.59. The molecule has 44 valence electrons. The maximum absolute atomic E-state index is 10.3. The van der Waals surface area contributed by atoms with E-state index in [0.29, 0.717) is 6.16 Å². The largest absolute Gasteiger partial charge is 1.00 e. The minimum Gasteiger partial charge on any atom is -0.799 e. The van der Waals surface area contributed by atoms with Crippen molar-refractivity contribution in [1.29, 1.82) is 0 Å². The molecule has 4 heteroatoms. The van der Waals surface area contributed by atoms with Crippen LogP contribution in [0.5, 0.6) is 0 Å². The Kier molecular flexibility index (Phi) is 7.47. The van der Waals surface area contributed by atoms with Crippen molar-refractivity contribution in [2.24, 2.45) is 0 Å². The molecule has 2 nitrogen and oxygen atoms in total. The molecule has 0 aliphatic rings. The molecule has 0 saturated carbocycles. The fourth-order valence-electron chi connectivity index (χ4n) is 0.406. The molecule has 0 radical (unpaired) electrons. The SMILES string of the molecule is CCCP(C)(=O)[O-].[Na+]. The van der Waals surface area contributed by atoms with Crippen LogP contribution in [0.3, 0.4) is 0 Å². The van der Waals surface area contributed by atoms with Crippen LogP contribution in [0, 0.1) is 0 Å². The zero-order chi connectivity index (χ0) is 5.91. The Labute approximate surface area is 72.4 Å². The van der Waals surface area contributed by atoms with Crippen molar-refractivity contribution in [1.82, 2.24) is 0 Å². The van der Waals surface area contributed by atoms with E-state index in [-0.39, 0.29) is 29.6 Å². The minimum absolute atomic E-state index is 0. The molecule has 0 aliphatic carbocycles. The van der Waals surface area contributed by atoms with Gasteiger partial charge in [-0.3, -0.25) is 0 Å². The average molecular weight is 144 g/mol. The van der Waals surface area contributed by atoms with Crippen LogP contribution in [-0.2, 0) is 4.57 Å². The summed E-state index contributed by atoms with van der Waals surface area (Å²) in [5, 5.41) is 0. The van der Waals surface area contributed by atoms with Crippen LogP contribution in [0.1, 0.15) is 13.3 Å². The van der Waals surface area contributed by atoms with Gasteiger partial charge in [0, 0.05) is 7.37 Å². The van der Waals surface area contributed by atoms with Gasteiger partial charge in [-0.25, -0.2) is 0 Å². The maximum Gasteiger partial charge on any atom is 1.00 e. The molecule has 0 fully saturated rings. The van der Waals surface area contributed by atoms with Crippen LogP contribution in [0.15, 0.2) is 0 Å². The van der Waals surface area contributed by atoms with Gasteiger partial charge >= 0.3 is 29.6 Å². The van der Waals surface area contributed by atoms with E-state index in [1.165, 1.54) is 6.66 Å². The molecular weight excluding hydrogens is 134 g/mol. The summed E-state index contributed by atoms with van der Waals surface area (Å²) in [6, 6.07) is 0. The molecule has 1 atom stereocenters. The Bertz CT molecular complexity index is 88.0. The molecule has 0 bridgehead atoms. The standard InChI is InChI=1S/C4H11O2P.Na/c1-3-4-7(2,5)6;/h3-4H2,1-2H3,(H,5,6);/q;+1/p-1. The van der Waals surface area contributed by atoms with E-state index in [1.807, 2.05) is 6.92 Å². The van der Waals surface area contributed by atoms with Crippen molar-refractivity contribution in [3.05, 3.63) is 0 Å². The molecule has 0 amide bonds. The van der Waals surface area contributed by atoms with Gasteiger partial charge in [-0.2, -0.15) is 0 Å². The molecule has 0 aromatic carbocycles. The Morgan fingerprint density at radius 1 is 1.62 bits per heavy atom. The van der Waals surface area contributed by atoms with Gasteiger partial charge in [0.2, 0.25) is 0 Å². The summed E-state index contributed by atoms with van der Waals surface area (Å²) in [6.07, 6.45) is 1.07. The third-order valence-electron chi connectivity index (χ3n) is 0.630. The molecule has 0 spiro atoms. The van der Waals surface area contributed by atoms with Crippen molar-refractivity contribution < 1.29 is 39.0 Å². The third-order valence-corrected chi connectivity index (χ3v) is 1.89. The third kappa shape index (κ3) is 10.2. The summed E-state index contributed by atoms with van der Waals surface area (Å²) in [6.45, 7) is 3.13. The second kappa shape index (κ2) is 5.01. The van der Waals surface area contributed by atoms with Crippen LogP contribution < -0.4 is 34.5 Å². The molecule has 0 heterocycles. The minimum atomic E-state index is -2.92. The topological polar surface area (TPSA) is 40.1 Å². The second-order valence-electron chi connectivity index (χ2n) is 1.74. The van der Waals surface area contributed by atoms with Gasteiger partial charge in [0.25, 0.3) is 0 Å².